The minimum Gasteiger partial charge on any atom is -0.390 e. The van der Waals surface area contributed by atoms with Crippen LogP contribution in [0.3, 0.4) is 0 Å². The number of carbonyl (C=O) groups excluding carboxylic acids is 1. The van der Waals surface area contributed by atoms with Gasteiger partial charge in [-0.2, -0.15) is 10.1 Å². The number of hydrogen-bond donors (Lipinski definition) is 1. The Hall–Kier alpha value is -3.26. The molecule has 1 saturated heterocycles. The Morgan fingerprint density at radius 1 is 1.06 bits per heavy atom. The summed E-state index contributed by atoms with van der Waals surface area (Å²) in [5.41, 5.74) is 3.99. The third-order valence-electron chi connectivity index (χ3n) is 6.16. The molecule has 5 rings (SSSR count). The molecule has 2 aliphatic rings. The minimum atomic E-state index is -0.496. The maximum Gasteiger partial charge on any atom is 0.280 e. The standard InChI is InChI=1S/C26H28N4O3/c1-19-24(26(32)30(27-19)21-7-3-2-4-8-21)15-20-16-29(25-10-6-5-9-23(20)25)18-22(31)17-28-11-13-33-14-12-28/h2-10,15-16,22,31H,11-14,17-18H2,1H3/b24-15+/t22-/m1/s1. The van der Waals surface area contributed by atoms with Gasteiger partial charge in [-0.25, -0.2) is 0 Å². The second-order valence-electron chi connectivity index (χ2n) is 8.52. The van der Waals surface area contributed by atoms with Crippen LogP contribution in [0.25, 0.3) is 17.0 Å². The molecule has 170 valence electrons. The monoisotopic (exact) mass is 444 g/mol. The number of ether oxygens (including phenoxy) is 1. The number of morpholine rings is 1. The summed E-state index contributed by atoms with van der Waals surface area (Å²) < 4.78 is 7.48. The van der Waals surface area contributed by atoms with E-state index in [1.54, 1.807) is 0 Å². The van der Waals surface area contributed by atoms with Crippen LogP contribution in [0.15, 0.2) is 71.5 Å². The number of amides is 1. The van der Waals surface area contributed by atoms with Crippen molar-refractivity contribution in [3.63, 3.8) is 0 Å². The molecule has 7 nitrogen and oxygen atoms in total. The van der Waals surface area contributed by atoms with Crippen molar-refractivity contribution in [3.05, 3.63) is 71.9 Å². The maximum absolute atomic E-state index is 13.1. The van der Waals surface area contributed by atoms with E-state index in [1.165, 1.54) is 5.01 Å². The lowest BCUT2D eigenvalue weighted by Crippen LogP contribution is -2.41. The zero-order valence-corrected chi connectivity index (χ0v) is 18.7. The van der Waals surface area contributed by atoms with E-state index in [9.17, 15) is 9.90 Å². The second kappa shape index (κ2) is 9.31. The molecule has 0 unspecified atom stereocenters. The summed E-state index contributed by atoms with van der Waals surface area (Å²) in [6, 6.07) is 17.5. The van der Waals surface area contributed by atoms with Crippen LogP contribution in [0.5, 0.6) is 0 Å². The highest BCUT2D eigenvalue weighted by atomic mass is 16.5. The molecule has 1 amide bonds. The van der Waals surface area contributed by atoms with E-state index in [-0.39, 0.29) is 5.91 Å². The zero-order chi connectivity index (χ0) is 22.8. The van der Waals surface area contributed by atoms with Crippen LogP contribution < -0.4 is 5.01 Å². The van der Waals surface area contributed by atoms with E-state index in [0.717, 1.165) is 35.2 Å². The first-order valence-electron chi connectivity index (χ1n) is 11.3. The number of β-amino-alcohol motifs (C(OH)–C–C–N with tert-alkyl or cyclic N) is 1. The molecule has 0 spiro atoms. The summed E-state index contributed by atoms with van der Waals surface area (Å²) in [5, 5.41) is 17.7. The summed E-state index contributed by atoms with van der Waals surface area (Å²) in [6.07, 6.45) is 3.44. The van der Waals surface area contributed by atoms with Gasteiger partial charge in [-0.1, -0.05) is 36.4 Å². The van der Waals surface area contributed by atoms with Gasteiger partial charge in [0.15, 0.2) is 0 Å². The van der Waals surface area contributed by atoms with Crippen LogP contribution in [0.2, 0.25) is 0 Å². The quantitative estimate of drug-likeness (QED) is 0.593. The first-order valence-corrected chi connectivity index (χ1v) is 11.3. The third kappa shape index (κ3) is 4.48. The van der Waals surface area contributed by atoms with Crippen molar-refractivity contribution in [1.29, 1.82) is 0 Å². The molecule has 0 bridgehead atoms. The fourth-order valence-electron chi connectivity index (χ4n) is 4.49. The molecule has 2 aliphatic heterocycles. The number of benzene rings is 2. The largest absolute Gasteiger partial charge is 0.390 e. The van der Waals surface area contributed by atoms with E-state index in [4.69, 9.17) is 4.74 Å². The van der Waals surface area contributed by atoms with Crippen molar-refractivity contribution >= 4 is 34.3 Å². The highest BCUT2D eigenvalue weighted by molar-refractivity contribution is 6.32. The molecule has 0 aliphatic carbocycles. The first kappa shape index (κ1) is 21.6. The average molecular weight is 445 g/mol. The third-order valence-corrected chi connectivity index (χ3v) is 6.16. The molecule has 1 aromatic heterocycles. The molecule has 2 aromatic carbocycles. The van der Waals surface area contributed by atoms with E-state index < -0.39 is 6.10 Å². The van der Waals surface area contributed by atoms with Crippen LogP contribution >= 0.6 is 0 Å². The van der Waals surface area contributed by atoms with Crippen molar-refractivity contribution in [2.24, 2.45) is 5.10 Å². The van der Waals surface area contributed by atoms with Crippen molar-refractivity contribution in [3.8, 4) is 0 Å². The van der Waals surface area contributed by atoms with Gasteiger partial charge in [0.1, 0.15) is 0 Å². The molecule has 33 heavy (non-hydrogen) atoms. The maximum atomic E-state index is 13.1. The highest BCUT2D eigenvalue weighted by Crippen LogP contribution is 2.28. The van der Waals surface area contributed by atoms with E-state index >= 15 is 0 Å². The number of carbonyl (C=O) groups is 1. The van der Waals surface area contributed by atoms with E-state index in [2.05, 4.69) is 14.6 Å². The van der Waals surface area contributed by atoms with Crippen LogP contribution in [0.4, 0.5) is 5.69 Å². The number of aliphatic hydroxyl groups excluding tert-OH is 1. The molecule has 1 atom stereocenters. The topological polar surface area (TPSA) is 70.3 Å². The molecule has 3 heterocycles. The Labute approximate surface area is 193 Å². The van der Waals surface area contributed by atoms with Gasteiger partial charge in [-0.15, -0.1) is 0 Å². The fraction of sp³-hybridized carbons (Fsp3) is 0.308. The summed E-state index contributed by atoms with van der Waals surface area (Å²) in [7, 11) is 0. The van der Waals surface area contributed by atoms with Crippen molar-refractivity contribution in [2.75, 3.05) is 37.9 Å². The number of hydrazone groups is 1. The summed E-state index contributed by atoms with van der Waals surface area (Å²) in [6.45, 7) is 6.08. The number of hydrogen-bond acceptors (Lipinski definition) is 5. The Morgan fingerprint density at radius 3 is 2.58 bits per heavy atom. The molecular formula is C26H28N4O3. The van der Waals surface area contributed by atoms with Gasteiger partial charge in [-0.3, -0.25) is 9.69 Å². The SMILES string of the molecule is CC1=NN(c2ccccc2)C(=O)/C1=C/c1cn(C[C@H](O)CN2CCOCC2)c2ccccc12. The molecule has 3 aromatic rings. The Bertz CT molecular complexity index is 1210. The van der Waals surface area contributed by atoms with Gasteiger partial charge in [0.25, 0.3) is 5.91 Å². The minimum absolute atomic E-state index is 0.136. The molecular weight excluding hydrogens is 416 g/mol. The van der Waals surface area contributed by atoms with Gasteiger partial charge in [0.2, 0.25) is 0 Å². The number of anilines is 1. The molecule has 7 heteroatoms. The number of para-hydroxylation sites is 2. The predicted octanol–water partition coefficient (Wildman–Crippen LogP) is 3.14. The van der Waals surface area contributed by atoms with Gasteiger partial charge >= 0.3 is 0 Å². The average Bonchev–Trinajstić information content (AvgIpc) is 3.32. The Balaban J connectivity index is 1.41. The molecule has 1 fully saturated rings. The Kier molecular flexibility index (Phi) is 6.09. The van der Waals surface area contributed by atoms with E-state index in [1.807, 2.05) is 73.8 Å². The smallest absolute Gasteiger partial charge is 0.280 e. The number of rotatable bonds is 6. The number of fused-ring (bicyclic) bond motifs is 1. The van der Waals surface area contributed by atoms with Crippen LogP contribution in [0.1, 0.15) is 12.5 Å². The predicted molar refractivity (Wildman–Crippen MR) is 130 cm³/mol. The number of nitrogens with zero attached hydrogens (tertiary/aromatic N) is 4. The van der Waals surface area contributed by atoms with Gasteiger partial charge in [-0.05, 0) is 31.2 Å². The van der Waals surface area contributed by atoms with Crippen LogP contribution in [-0.2, 0) is 16.1 Å². The van der Waals surface area contributed by atoms with E-state index in [0.29, 0.717) is 37.6 Å². The lowest BCUT2D eigenvalue weighted by molar-refractivity contribution is -0.114. The van der Waals surface area contributed by atoms with Crippen molar-refractivity contribution < 1.29 is 14.6 Å². The summed E-state index contributed by atoms with van der Waals surface area (Å²) in [4.78, 5) is 15.4. The number of aliphatic hydroxyl groups is 1. The molecule has 0 radical (unpaired) electrons. The summed E-state index contributed by atoms with van der Waals surface area (Å²) in [5.74, 6) is -0.136. The zero-order valence-electron chi connectivity index (χ0n) is 18.7. The summed E-state index contributed by atoms with van der Waals surface area (Å²) >= 11 is 0. The lowest BCUT2D eigenvalue weighted by Gasteiger charge is -2.28. The normalized spacial score (nSPS) is 19.5. The van der Waals surface area contributed by atoms with Crippen molar-refractivity contribution in [1.82, 2.24) is 9.47 Å². The van der Waals surface area contributed by atoms with Crippen LogP contribution in [-0.4, -0.2) is 65.1 Å². The van der Waals surface area contributed by atoms with Gasteiger partial charge in [0.05, 0.1) is 36.3 Å². The van der Waals surface area contributed by atoms with Gasteiger partial charge in [0, 0.05) is 48.8 Å². The van der Waals surface area contributed by atoms with Crippen molar-refractivity contribution in [2.45, 2.75) is 19.6 Å². The number of aromatic nitrogens is 1. The Morgan fingerprint density at radius 2 is 1.79 bits per heavy atom. The van der Waals surface area contributed by atoms with Gasteiger partial charge < -0.3 is 14.4 Å². The van der Waals surface area contributed by atoms with Crippen LogP contribution in [0, 0.1) is 0 Å². The molecule has 0 saturated carbocycles. The highest BCUT2D eigenvalue weighted by Gasteiger charge is 2.29. The first-order chi connectivity index (χ1) is 16.1. The fourth-order valence-corrected chi connectivity index (χ4v) is 4.49. The lowest BCUT2D eigenvalue weighted by atomic mass is 10.1. The molecule has 1 N–H and O–H groups in total. The second-order valence-corrected chi connectivity index (χ2v) is 8.52.